The van der Waals surface area contributed by atoms with E-state index < -0.39 is 0 Å². The summed E-state index contributed by atoms with van der Waals surface area (Å²) in [6, 6.07) is 0.267. The SMILES string of the molecule is CCC(CC)C(=O)N1CCC(NC(=NCC(=O)N(C)C)NCC(C)C)CC1.I. The van der Waals surface area contributed by atoms with Crippen molar-refractivity contribution in [2.45, 2.75) is 59.4 Å². The van der Waals surface area contributed by atoms with E-state index in [1.54, 1.807) is 19.0 Å². The molecule has 0 saturated carbocycles. The van der Waals surface area contributed by atoms with Crippen molar-refractivity contribution in [2.24, 2.45) is 16.8 Å². The molecule has 0 aromatic carbocycles. The standard InChI is InChI=1S/C20H39N5O2.HI/c1-7-16(8-2)19(27)25-11-9-17(10-12-25)23-20(21-13-15(3)4)22-14-18(26)24(5)6;/h15-17H,7-14H2,1-6H3,(H2,21,22,23);1H. The Kier molecular flexibility index (Phi) is 13.5. The van der Waals surface area contributed by atoms with Crippen LogP contribution in [0.3, 0.4) is 0 Å². The molecule has 2 N–H and O–H groups in total. The Morgan fingerprint density at radius 1 is 1.14 bits per heavy atom. The zero-order valence-electron chi connectivity index (χ0n) is 18.5. The van der Waals surface area contributed by atoms with Crippen LogP contribution in [0.2, 0.25) is 0 Å². The summed E-state index contributed by atoms with van der Waals surface area (Å²) in [6.45, 7) is 10.9. The topological polar surface area (TPSA) is 77.0 Å². The molecule has 2 amide bonds. The van der Waals surface area contributed by atoms with Crippen LogP contribution in [0, 0.1) is 11.8 Å². The molecule has 0 radical (unpaired) electrons. The second-order valence-corrected chi connectivity index (χ2v) is 7.99. The Morgan fingerprint density at radius 3 is 2.18 bits per heavy atom. The van der Waals surface area contributed by atoms with Crippen LogP contribution in [-0.4, -0.2) is 73.9 Å². The molecule has 1 aliphatic rings. The molecular formula is C20H40IN5O2. The van der Waals surface area contributed by atoms with Crippen molar-refractivity contribution in [3.05, 3.63) is 0 Å². The first kappa shape index (κ1) is 26.9. The van der Waals surface area contributed by atoms with Gasteiger partial charge in [0.05, 0.1) is 0 Å². The highest BCUT2D eigenvalue weighted by Gasteiger charge is 2.26. The van der Waals surface area contributed by atoms with Gasteiger partial charge in [-0.15, -0.1) is 24.0 Å². The maximum absolute atomic E-state index is 12.5. The van der Waals surface area contributed by atoms with E-state index >= 15 is 0 Å². The number of carbonyl (C=O) groups is 2. The van der Waals surface area contributed by atoms with Gasteiger partial charge in [0, 0.05) is 45.7 Å². The number of likely N-dealkylation sites (tertiary alicyclic amines) is 1. The molecule has 1 rings (SSSR count). The fourth-order valence-corrected chi connectivity index (χ4v) is 3.08. The van der Waals surface area contributed by atoms with E-state index in [1.165, 1.54) is 0 Å². The number of guanidine groups is 1. The minimum atomic E-state index is -0.0220. The van der Waals surface area contributed by atoms with Crippen LogP contribution in [0.4, 0.5) is 0 Å². The van der Waals surface area contributed by atoms with Gasteiger partial charge in [-0.25, -0.2) is 4.99 Å². The molecule has 8 heteroatoms. The first-order chi connectivity index (χ1) is 12.8. The van der Waals surface area contributed by atoms with Gasteiger partial charge in [-0.05, 0) is 31.6 Å². The second-order valence-electron chi connectivity index (χ2n) is 7.99. The van der Waals surface area contributed by atoms with Crippen molar-refractivity contribution in [3.8, 4) is 0 Å². The lowest BCUT2D eigenvalue weighted by molar-refractivity contribution is -0.136. The number of likely N-dealkylation sites (N-methyl/N-ethyl adjacent to an activating group) is 1. The zero-order chi connectivity index (χ0) is 20.4. The largest absolute Gasteiger partial charge is 0.356 e. The van der Waals surface area contributed by atoms with Gasteiger partial charge in [0.2, 0.25) is 11.8 Å². The molecule has 7 nitrogen and oxygen atoms in total. The number of piperidine rings is 1. The highest BCUT2D eigenvalue weighted by molar-refractivity contribution is 14.0. The Hall–Kier alpha value is -1.06. The fourth-order valence-electron chi connectivity index (χ4n) is 3.08. The van der Waals surface area contributed by atoms with Crippen LogP contribution in [0.1, 0.15) is 53.4 Å². The molecule has 0 aromatic heterocycles. The summed E-state index contributed by atoms with van der Waals surface area (Å²) in [5.41, 5.74) is 0. The Bertz CT molecular complexity index is 499. The number of hydrogen-bond acceptors (Lipinski definition) is 3. The maximum Gasteiger partial charge on any atom is 0.243 e. The molecule has 0 aromatic rings. The van der Waals surface area contributed by atoms with Gasteiger partial charge in [0.1, 0.15) is 6.54 Å². The average Bonchev–Trinajstić information content (AvgIpc) is 2.64. The van der Waals surface area contributed by atoms with Crippen LogP contribution < -0.4 is 10.6 Å². The molecule has 0 bridgehead atoms. The van der Waals surface area contributed by atoms with Crippen molar-refractivity contribution >= 4 is 41.8 Å². The Labute approximate surface area is 188 Å². The summed E-state index contributed by atoms with van der Waals surface area (Å²) in [7, 11) is 3.47. The van der Waals surface area contributed by atoms with Crippen LogP contribution >= 0.6 is 24.0 Å². The van der Waals surface area contributed by atoms with Gasteiger partial charge in [-0.3, -0.25) is 9.59 Å². The van der Waals surface area contributed by atoms with Crippen molar-refractivity contribution in [2.75, 3.05) is 40.3 Å². The molecule has 164 valence electrons. The molecule has 1 heterocycles. The number of aliphatic imine (C=N–C) groups is 1. The lowest BCUT2D eigenvalue weighted by Crippen LogP contribution is -2.51. The number of amides is 2. The number of carbonyl (C=O) groups excluding carboxylic acids is 2. The number of halogens is 1. The minimum Gasteiger partial charge on any atom is -0.356 e. The summed E-state index contributed by atoms with van der Waals surface area (Å²) in [5, 5.41) is 6.77. The van der Waals surface area contributed by atoms with Gasteiger partial charge >= 0.3 is 0 Å². The molecule has 1 fully saturated rings. The number of nitrogens with zero attached hydrogens (tertiary/aromatic N) is 3. The lowest BCUT2D eigenvalue weighted by Gasteiger charge is -2.35. The van der Waals surface area contributed by atoms with Crippen LogP contribution in [-0.2, 0) is 9.59 Å². The van der Waals surface area contributed by atoms with Crippen LogP contribution in [0.25, 0.3) is 0 Å². The number of rotatable bonds is 8. The first-order valence-corrected chi connectivity index (χ1v) is 10.3. The summed E-state index contributed by atoms with van der Waals surface area (Å²) in [4.78, 5) is 32.4. The van der Waals surface area contributed by atoms with Gasteiger partial charge in [-0.2, -0.15) is 0 Å². The highest BCUT2D eigenvalue weighted by atomic mass is 127. The molecule has 28 heavy (non-hydrogen) atoms. The molecule has 1 saturated heterocycles. The van der Waals surface area contributed by atoms with E-state index in [0.29, 0.717) is 17.8 Å². The van der Waals surface area contributed by atoms with E-state index in [-0.39, 0.29) is 48.4 Å². The van der Waals surface area contributed by atoms with E-state index in [1.807, 2.05) is 4.90 Å². The predicted molar refractivity (Wildman–Crippen MR) is 126 cm³/mol. The number of hydrogen-bond donors (Lipinski definition) is 2. The second kappa shape index (κ2) is 14.0. The Balaban J connectivity index is 0.00000729. The maximum atomic E-state index is 12.5. The van der Waals surface area contributed by atoms with Crippen molar-refractivity contribution < 1.29 is 9.59 Å². The normalized spacial score (nSPS) is 15.4. The molecular weight excluding hydrogens is 469 g/mol. The Morgan fingerprint density at radius 2 is 1.71 bits per heavy atom. The summed E-state index contributed by atoms with van der Waals surface area (Å²) in [6.07, 6.45) is 3.61. The van der Waals surface area contributed by atoms with E-state index in [9.17, 15) is 9.59 Å². The van der Waals surface area contributed by atoms with E-state index in [0.717, 1.165) is 45.3 Å². The molecule has 0 atom stereocenters. The van der Waals surface area contributed by atoms with Gasteiger partial charge in [-0.1, -0.05) is 27.7 Å². The minimum absolute atomic E-state index is 0. The third-order valence-electron chi connectivity index (χ3n) is 5.03. The smallest absolute Gasteiger partial charge is 0.243 e. The molecule has 0 spiro atoms. The fraction of sp³-hybridized carbons (Fsp3) is 0.850. The first-order valence-electron chi connectivity index (χ1n) is 10.3. The monoisotopic (exact) mass is 509 g/mol. The third-order valence-corrected chi connectivity index (χ3v) is 5.03. The van der Waals surface area contributed by atoms with Gasteiger partial charge < -0.3 is 20.4 Å². The summed E-state index contributed by atoms with van der Waals surface area (Å²) in [5.74, 6) is 1.59. The lowest BCUT2D eigenvalue weighted by atomic mass is 9.98. The highest BCUT2D eigenvalue weighted by Crippen LogP contribution is 2.17. The summed E-state index contributed by atoms with van der Waals surface area (Å²) >= 11 is 0. The molecule has 0 unspecified atom stereocenters. The van der Waals surface area contributed by atoms with Gasteiger partial charge in [0.25, 0.3) is 0 Å². The summed E-state index contributed by atoms with van der Waals surface area (Å²) < 4.78 is 0. The zero-order valence-corrected chi connectivity index (χ0v) is 20.8. The van der Waals surface area contributed by atoms with E-state index in [2.05, 4.69) is 43.3 Å². The predicted octanol–water partition coefficient (Wildman–Crippen LogP) is 2.31. The average molecular weight is 509 g/mol. The van der Waals surface area contributed by atoms with Crippen LogP contribution in [0.5, 0.6) is 0 Å². The quantitative estimate of drug-likeness (QED) is 0.299. The van der Waals surface area contributed by atoms with Crippen LogP contribution in [0.15, 0.2) is 4.99 Å². The van der Waals surface area contributed by atoms with Crippen molar-refractivity contribution in [3.63, 3.8) is 0 Å². The third kappa shape index (κ3) is 9.43. The van der Waals surface area contributed by atoms with Crippen molar-refractivity contribution in [1.82, 2.24) is 20.4 Å². The van der Waals surface area contributed by atoms with Gasteiger partial charge in [0.15, 0.2) is 5.96 Å². The molecule has 1 aliphatic heterocycles. The van der Waals surface area contributed by atoms with E-state index in [4.69, 9.17) is 0 Å². The van der Waals surface area contributed by atoms with Crippen molar-refractivity contribution in [1.29, 1.82) is 0 Å². The molecule has 0 aliphatic carbocycles. The number of nitrogens with one attached hydrogen (secondary N) is 2.